The Bertz CT molecular complexity index is 458. The van der Waals surface area contributed by atoms with Crippen LogP contribution in [0.2, 0.25) is 0 Å². The van der Waals surface area contributed by atoms with E-state index >= 15 is 0 Å². The summed E-state index contributed by atoms with van der Waals surface area (Å²) in [6.07, 6.45) is 6.63. The first kappa shape index (κ1) is 10.1. The molecule has 0 aliphatic heterocycles. The van der Waals surface area contributed by atoms with Gasteiger partial charge in [0.15, 0.2) is 5.65 Å². The van der Waals surface area contributed by atoms with E-state index in [1.807, 2.05) is 18.5 Å². The van der Waals surface area contributed by atoms with Gasteiger partial charge < -0.3 is 5.73 Å². The zero-order valence-corrected chi connectivity index (χ0v) is 9.14. The Labute approximate surface area is 89.1 Å². The highest BCUT2D eigenvalue weighted by molar-refractivity contribution is 5.37. The SMILES string of the molecule is CC(C)(CCN)c1cnc2ccnn2c1. The highest BCUT2D eigenvalue weighted by Crippen LogP contribution is 2.25. The van der Waals surface area contributed by atoms with Gasteiger partial charge in [-0.05, 0) is 23.9 Å². The lowest BCUT2D eigenvalue weighted by Gasteiger charge is -2.23. The molecule has 2 rings (SSSR count). The van der Waals surface area contributed by atoms with Gasteiger partial charge in [-0.25, -0.2) is 9.50 Å². The molecule has 0 unspecified atom stereocenters. The Kier molecular flexibility index (Phi) is 2.44. The Hall–Kier alpha value is -1.42. The highest BCUT2D eigenvalue weighted by atomic mass is 15.2. The molecule has 4 nitrogen and oxygen atoms in total. The average Bonchev–Trinajstić information content (AvgIpc) is 2.63. The van der Waals surface area contributed by atoms with E-state index in [9.17, 15) is 0 Å². The maximum Gasteiger partial charge on any atom is 0.154 e. The zero-order valence-electron chi connectivity index (χ0n) is 9.14. The molecule has 0 atom stereocenters. The molecular weight excluding hydrogens is 188 g/mol. The van der Waals surface area contributed by atoms with Gasteiger partial charge in [-0.15, -0.1) is 0 Å². The van der Waals surface area contributed by atoms with Crippen molar-refractivity contribution < 1.29 is 0 Å². The summed E-state index contributed by atoms with van der Waals surface area (Å²) in [4.78, 5) is 4.35. The average molecular weight is 204 g/mol. The van der Waals surface area contributed by atoms with Gasteiger partial charge >= 0.3 is 0 Å². The van der Waals surface area contributed by atoms with Gasteiger partial charge in [0.1, 0.15) is 0 Å². The monoisotopic (exact) mass is 204 g/mol. The molecule has 0 saturated heterocycles. The van der Waals surface area contributed by atoms with Crippen LogP contribution >= 0.6 is 0 Å². The largest absolute Gasteiger partial charge is 0.330 e. The van der Waals surface area contributed by atoms with Gasteiger partial charge in [-0.1, -0.05) is 13.8 Å². The summed E-state index contributed by atoms with van der Waals surface area (Å²) in [6.45, 7) is 5.03. The summed E-state index contributed by atoms with van der Waals surface area (Å²) in [5.74, 6) is 0. The molecule has 0 saturated carbocycles. The van der Waals surface area contributed by atoms with Crippen molar-refractivity contribution >= 4 is 5.65 Å². The third-order valence-electron chi connectivity index (χ3n) is 2.80. The molecule has 0 fully saturated rings. The van der Waals surface area contributed by atoms with Crippen molar-refractivity contribution in [2.45, 2.75) is 25.7 Å². The molecule has 0 spiro atoms. The molecule has 0 bridgehead atoms. The van der Waals surface area contributed by atoms with Crippen molar-refractivity contribution in [3.05, 3.63) is 30.2 Å². The number of nitrogens with two attached hydrogens (primary N) is 1. The van der Waals surface area contributed by atoms with Crippen molar-refractivity contribution in [1.29, 1.82) is 0 Å². The number of nitrogens with zero attached hydrogens (tertiary/aromatic N) is 3. The fraction of sp³-hybridized carbons (Fsp3) is 0.455. The number of hydrogen-bond donors (Lipinski definition) is 1. The molecular formula is C11H16N4. The predicted molar refractivity (Wildman–Crippen MR) is 59.7 cm³/mol. The molecule has 15 heavy (non-hydrogen) atoms. The second kappa shape index (κ2) is 3.62. The van der Waals surface area contributed by atoms with Crippen LogP contribution in [0, 0.1) is 0 Å². The summed E-state index contributed by atoms with van der Waals surface area (Å²) >= 11 is 0. The Balaban J connectivity index is 2.42. The summed E-state index contributed by atoms with van der Waals surface area (Å²) in [6, 6.07) is 1.89. The Morgan fingerprint density at radius 2 is 2.27 bits per heavy atom. The summed E-state index contributed by atoms with van der Waals surface area (Å²) in [7, 11) is 0. The maximum absolute atomic E-state index is 5.60. The van der Waals surface area contributed by atoms with E-state index in [2.05, 4.69) is 23.9 Å². The van der Waals surface area contributed by atoms with Crippen molar-refractivity contribution in [3.8, 4) is 0 Å². The summed E-state index contributed by atoms with van der Waals surface area (Å²) < 4.78 is 1.80. The van der Waals surface area contributed by atoms with Crippen LogP contribution in [0.3, 0.4) is 0 Å². The van der Waals surface area contributed by atoms with Crippen LogP contribution in [0.1, 0.15) is 25.8 Å². The quantitative estimate of drug-likeness (QED) is 0.821. The molecule has 0 radical (unpaired) electrons. The molecule has 0 aromatic carbocycles. The van der Waals surface area contributed by atoms with Gasteiger partial charge in [0.2, 0.25) is 0 Å². The van der Waals surface area contributed by atoms with Crippen LogP contribution in [-0.2, 0) is 5.41 Å². The Morgan fingerprint density at radius 1 is 1.47 bits per heavy atom. The van der Waals surface area contributed by atoms with Crippen LogP contribution in [0.15, 0.2) is 24.7 Å². The third kappa shape index (κ3) is 1.85. The highest BCUT2D eigenvalue weighted by Gasteiger charge is 2.20. The second-order valence-electron chi connectivity index (χ2n) is 4.40. The molecule has 2 aromatic rings. The minimum Gasteiger partial charge on any atom is -0.330 e. The fourth-order valence-electron chi connectivity index (χ4n) is 1.66. The molecule has 0 aliphatic rings. The number of hydrogen-bond acceptors (Lipinski definition) is 3. The van der Waals surface area contributed by atoms with Crippen LogP contribution < -0.4 is 5.73 Å². The van der Waals surface area contributed by atoms with E-state index in [4.69, 9.17) is 5.73 Å². The summed E-state index contributed by atoms with van der Waals surface area (Å²) in [5, 5.41) is 4.18. The topological polar surface area (TPSA) is 56.2 Å². The predicted octanol–water partition coefficient (Wildman–Crippen LogP) is 1.36. The van der Waals surface area contributed by atoms with Crippen molar-refractivity contribution in [1.82, 2.24) is 14.6 Å². The second-order valence-corrected chi connectivity index (χ2v) is 4.40. The fourth-order valence-corrected chi connectivity index (χ4v) is 1.66. The maximum atomic E-state index is 5.60. The van der Waals surface area contributed by atoms with Crippen molar-refractivity contribution in [2.75, 3.05) is 6.54 Å². The van der Waals surface area contributed by atoms with Crippen LogP contribution in [0.4, 0.5) is 0 Å². The first-order valence-electron chi connectivity index (χ1n) is 5.13. The van der Waals surface area contributed by atoms with Gasteiger partial charge in [0.05, 0.1) is 6.20 Å². The van der Waals surface area contributed by atoms with Crippen LogP contribution in [0.25, 0.3) is 5.65 Å². The lowest BCUT2D eigenvalue weighted by Crippen LogP contribution is -2.22. The number of fused-ring (bicyclic) bond motifs is 1. The standard InChI is InChI=1S/C11H16N4/c1-11(2,4-5-12)9-7-13-10-3-6-14-15(10)8-9/h3,6-8H,4-5,12H2,1-2H3. The minimum atomic E-state index is 0.0574. The number of aromatic nitrogens is 3. The van der Waals surface area contributed by atoms with Gasteiger partial charge in [0.25, 0.3) is 0 Å². The minimum absolute atomic E-state index is 0.0574. The molecule has 0 aliphatic carbocycles. The smallest absolute Gasteiger partial charge is 0.154 e. The van der Waals surface area contributed by atoms with Crippen molar-refractivity contribution in [3.63, 3.8) is 0 Å². The van der Waals surface area contributed by atoms with E-state index in [1.54, 1.807) is 10.7 Å². The zero-order chi connectivity index (χ0) is 10.9. The normalized spacial score (nSPS) is 12.2. The van der Waals surface area contributed by atoms with E-state index in [0.717, 1.165) is 12.1 Å². The van der Waals surface area contributed by atoms with Gasteiger partial charge in [-0.3, -0.25) is 0 Å². The van der Waals surface area contributed by atoms with Crippen LogP contribution in [0.5, 0.6) is 0 Å². The molecule has 2 aromatic heterocycles. The summed E-state index contributed by atoms with van der Waals surface area (Å²) in [5.41, 5.74) is 7.71. The molecule has 80 valence electrons. The van der Waals surface area contributed by atoms with E-state index < -0.39 is 0 Å². The van der Waals surface area contributed by atoms with Crippen molar-refractivity contribution in [2.24, 2.45) is 5.73 Å². The lowest BCUT2D eigenvalue weighted by molar-refractivity contribution is 0.483. The third-order valence-corrected chi connectivity index (χ3v) is 2.80. The molecule has 2 heterocycles. The molecule has 0 amide bonds. The van der Waals surface area contributed by atoms with Gasteiger partial charge in [0, 0.05) is 18.5 Å². The lowest BCUT2D eigenvalue weighted by atomic mass is 9.83. The molecule has 2 N–H and O–H groups in total. The van der Waals surface area contributed by atoms with Crippen LogP contribution in [-0.4, -0.2) is 21.1 Å². The first-order chi connectivity index (χ1) is 7.13. The van der Waals surface area contributed by atoms with E-state index in [0.29, 0.717) is 6.54 Å². The van der Waals surface area contributed by atoms with Gasteiger partial charge in [-0.2, -0.15) is 5.10 Å². The van der Waals surface area contributed by atoms with E-state index in [-0.39, 0.29) is 5.41 Å². The Morgan fingerprint density at radius 3 is 3.00 bits per heavy atom. The van der Waals surface area contributed by atoms with E-state index in [1.165, 1.54) is 5.56 Å². The number of rotatable bonds is 3. The first-order valence-corrected chi connectivity index (χ1v) is 5.13. The molecule has 4 heteroatoms.